The van der Waals surface area contributed by atoms with Crippen molar-refractivity contribution in [3.63, 3.8) is 0 Å². The molecule has 0 atom stereocenters. The zero-order valence-corrected chi connectivity index (χ0v) is 12.6. The third kappa shape index (κ3) is 3.52. The molecule has 2 aromatic rings. The largest absolute Gasteiger partial charge is 0.322 e. The van der Waals surface area contributed by atoms with Crippen LogP contribution in [0.2, 0.25) is 0 Å². The van der Waals surface area contributed by atoms with E-state index in [1.54, 1.807) is 11.0 Å². The van der Waals surface area contributed by atoms with E-state index in [1.165, 1.54) is 11.9 Å². The Morgan fingerprint density at radius 2 is 2.32 bits per heavy atom. The van der Waals surface area contributed by atoms with Crippen LogP contribution in [0.1, 0.15) is 18.9 Å². The highest BCUT2D eigenvalue weighted by atomic mass is 16.2. The third-order valence-electron chi connectivity index (χ3n) is 3.71. The van der Waals surface area contributed by atoms with Gasteiger partial charge in [-0.25, -0.2) is 14.5 Å². The lowest BCUT2D eigenvalue weighted by Gasteiger charge is -2.25. The molecule has 1 N–H and O–H groups in total. The predicted octanol–water partition coefficient (Wildman–Crippen LogP) is 2.51. The molecule has 1 aromatic carbocycles. The maximum Gasteiger partial charge on any atom is 0.322 e. The number of amides is 2. The van der Waals surface area contributed by atoms with Gasteiger partial charge in [-0.2, -0.15) is 5.10 Å². The van der Waals surface area contributed by atoms with E-state index >= 15 is 0 Å². The quantitative estimate of drug-likeness (QED) is 0.885. The van der Waals surface area contributed by atoms with E-state index in [0.29, 0.717) is 13.1 Å². The minimum atomic E-state index is -0.0540. The van der Waals surface area contributed by atoms with Gasteiger partial charge in [0.1, 0.15) is 12.7 Å². The Labute approximate surface area is 129 Å². The summed E-state index contributed by atoms with van der Waals surface area (Å²) in [5.74, 6) is 0. The van der Waals surface area contributed by atoms with E-state index in [2.05, 4.69) is 28.4 Å². The number of rotatable bonds is 3. The molecule has 3 rings (SSSR count). The van der Waals surface area contributed by atoms with Crippen molar-refractivity contribution in [2.24, 2.45) is 0 Å². The van der Waals surface area contributed by atoms with E-state index in [1.807, 2.05) is 29.2 Å². The van der Waals surface area contributed by atoms with Gasteiger partial charge in [0.2, 0.25) is 0 Å². The van der Waals surface area contributed by atoms with Crippen LogP contribution in [0.25, 0.3) is 0 Å². The first kappa shape index (κ1) is 14.3. The van der Waals surface area contributed by atoms with Gasteiger partial charge in [-0.1, -0.05) is 23.8 Å². The van der Waals surface area contributed by atoms with E-state index in [-0.39, 0.29) is 6.03 Å². The van der Waals surface area contributed by atoms with Gasteiger partial charge < -0.3 is 10.2 Å². The van der Waals surface area contributed by atoms with Crippen LogP contribution >= 0.6 is 0 Å². The molecule has 1 aliphatic rings. The molecule has 114 valence electrons. The number of aromatic nitrogens is 3. The summed E-state index contributed by atoms with van der Waals surface area (Å²) in [7, 11) is 0. The van der Waals surface area contributed by atoms with Crippen molar-refractivity contribution in [3.05, 3.63) is 54.1 Å². The molecule has 1 aromatic heterocycles. The van der Waals surface area contributed by atoms with Crippen molar-refractivity contribution >= 4 is 11.7 Å². The van der Waals surface area contributed by atoms with Crippen molar-refractivity contribution in [2.75, 3.05) is 18.4 Å². The fourth-order valence-corrected chi connectivity index (χ4v) is 2.41. The maximum atomic E-state index is 12.3. The normalized spacial score (nSPS) is 14.6. The summed E-state index contributed by atoms with van der Waals surface area (Å²) in [4.78, 5) is 18.0. The molecule has 0 bridgehead atoms. The number of carbonyl (C=O) groups is 1. The second-order valence-corrected chi connectivity index (χ2v) is 5.47. The Morgan fingerprint density at radius 1 is 1.41 bits per heavy atom. The summed E-state index contributed by atoms with van der Waals surface area (Å²) in [6.07, 6.45) is 6.23. The molecule has 0 saturated heterocycles. The van der Waals surface area contributed by atoms with Crippen LogP contribution in [0.4, 0.5) is 10.5 Å². The average Bonchev–Trinajstić information content (AvgIpc) is 3.01. The van der Waals surface area contributed by atoms with Gasteiger partial charge in [0.05, 0.1) is 6.54 Å². The van der Waals surface area contributed by atoms with Crippen molar-refractivity contribution in [1.29, 1.82) is 0 Å². The Balaban J connectivity index is 1.64. The number of urea groups is 1. The lowest BCUT2D eigenvalue weighted by atomic mass is 10.1. The van der Waals surface area contributed by atoms with Crippen LogP contribution in [0.3, 0.4) is 0 Å². The van der Waals surface area contributed by atoms with Gasteiger partial charge in [-0.3, -0.25) is 0 Å². The zero-order chi connectivity index (χ0) is 15.4. The smallest absolute Gasteiger partial charge is 0.320 e. The molecule has 22 heavy (non-hydrogen) atoms. The Morgan fingerprint density at radius 3 is 3.05 bits per heavy atom. The highest BCUT2D eigenvalue weighted by Crippen LogP contribution is 2.14. The summed E-state index contributed by atoms with van der Waals surface area (Å²) in [5, 5.41) is 7.05. The molecule has 0 fully saturated rings. The number of benzene rings is 1. The predicted molar refractivity (Wildman–Crippen MR) is 84.5 cm³/mol. The molecular formula is C16H19N5O. The molecule has 2 amide bonds. The van der Waals surface area contributed by atoms with Crippen LogP contribution in [0.15, 0.2) is 48.6 Å². The molecule has 0 spiro atoms. The highest BCUT2D eigenvalue weighted by molar-refractivity contribution is 5.89. The summed E-state index contributed by atoms with van der Waals surface area (Å²) >= 11 is 0. The van der Waals surface area contributed by atoms with Gasteiger partial charge in [-0.15, -0.1) is 0 Å². The number of hydrogen-bond acceptors (Lipinski definition) is 3. The Hall–Kier alpha value is -2.63. The van der Waals surface area contributed by atoms with Crippen molar-refractivity contribution in [1.82, 2.24) is 19.7 Å². The number of carbonyl (C=O) groups excluding carboxylic acids is 1. The molecule has 0 unspecified atom stereocenters. The van der Waals surface area contributed by atoms with E-state index in [4.69, 9.17) is 0 Å². The van der Waals surface area contributed by atoms with Crippen LogP contribution in [-0.4, -0.2) is 38.8 Å². The van der Waals surface area contributed by atoms with Gasteiger partial charge in [-0.05, 0) is 31.0 Å². The third-order valence-corrected chi connectivity index (χ3v) is 3.71. The van der Waals surface area contributed by atoms with E-state index < -0.39 is 0 Å². The second-order valence-electron chi connectivity index (χ2n) is 5.47. The van der Waals surface area contributed by atoms with Crippen molar-refractivity contribution in [2.45, 2.75) is 19.9 Å². The van der Waals surface area contributed by atoms with Gasteiger partial charge in [0.25, 0.3) is 0 Å². The number of nitrogens with one attached hydrogen (secondary N) is 1. The second kappa shape index (κ2) is 6.43. The number of hydrogen-bond donors (Lipinski definition) is 1. The average molecular weight is 297 g/mol. The molecule has 1 aliphatic heterocycles. The monoisotopic (exact) mass is 297 g/mol. The first-order valence-electron chi connectivity index (χ1n) is 7.33. The summed E-state index contributed by atoms with van der Waals surface area (Å²) in [6, 6.07) is 7.74. The van der Waals surface area contributed by atoms with E-state index in [0.717, 1.165) is 24.2 Å². The summed E-state index contributed by atoms with van der Waals surface area (Å²) in [6.45, 7) is 4.18. The first-order valence-corrected chi connectivity index (χ1v) is 7.33. The zero-order valence-electron chi connectivity index (χ0n) is 12.6. The Kier molecular flexibility index (Phi) is 4.18. The van der Waals surface area contributed by atoms with Crippen molar-refractivity contribution < 1.29 is 4.79 Å². The Bertz CT molecular complexity index is 678. The molecular weight excluding hydrogens is 278 g/mol. The molecule has 6 heteroatoms. The molecule has 6 nitrogen and oxygen atoms in total. The minimum absolute atomic E-state index is 0.0540. The number of anilines is 1. The molecule has 2 heterocycles. The van der Waals surface area contributed by atoms with Crippen LogP contribution in [-0.2, 0) is 6.54 Å². The molecule has 0 radical (unpaired) electrons. The lowest BCUT2D eigenvalue weighted by Crippen LogP contribution is -2.37. The van der Waals surface area contributed by atoms with Crippen LogP contribution in [0.5, 0.6) is 0 Å². The molecule has 0 aliphatic carbocycles. The van der Waals surface area contributed by atoms with Crippen LogP contribution < -0.4 is 5.32 Å². The van der Waals surface area contributed by atoms with Crippen molar-refractivity contribution in [3.8, 4) is 0 Å². The maximum absolute atomic E-state index is 12.3. The van der Waals surface area contributed by atoms with E-state index in [9.17, 15) is 4.79 Å². The van der Waals surface area contributed by atoms with Gasteiger partial charge >= 0.3 is 6.03 Å². The van der Waals surface area contributed by atoms with Gasteiger partial charge in [0.15, 0.2) is 0 Å². The summed E-state index contributed by atoms with van der Waals surface area (Å²) < 4.78 is 1.75. The highest BCUT2D eigenvalue weighted by Gasteiger charge is 2.15. The fraction of sp³-hybridized carbons (Fsp3) is 0.312. The first-order chi connectivity index (χ1) is 10.7. The summed E-state index contributed by atoms with van der Waals surface area (Å²) in [5.41, 5.74) is 3.21. The lowest BCUT2D eigenvalue weighted by molar-refractivity contribution is 0.215. The fourth-order valence-electron chi connectivity index (χ4n) is 2.41. The standard InChI is InChI=1S/C16H19N5O/c1-13-5-7-20(8-6-13)16(22)19-15-4-2-3-14(9-15)10-21-12-17-11-18-21/h2-5,9,11-12H,6-8,10H2,1H3,(H,19,22). The van der Waals surface area contributed by atoms with Gasteiger partial charge in [0, 0.05) is 18.8 Å². The minimum Gasteiger partial charge on any atom is -0.320 e. The SMILES string of the molecule is CC1=CCN(C(=O)Nc2cccc(Cn3cncn3)c2)CC1. The number of nitrogens with zero attached hydrogens (tertiary/aromatic N) is 4. The topological polar surface area (TPSA) is 63.1 Å². The van der Waals surface area contributed by atoms with Crippen LogP contribution in [0, 0.1) is 0 Å². The molecule has 0 saturated carbocycles.